The van der Waals surface area contributed by atoms with Crippen LogP contribution < -0.4 is 0 Å². The van der Waals surface area contributed by atoms with Crippen LogP contribution in [0.4, 0.5) is 0 Å². The summed E-state index contributed by atoms with van der Waals surface area (Å²) in [4.78, 5) is 1.47. The molecule has 0 aliphatic carbocycles. The van der Waals surface area contributed by atoms with Gasteiger partial charge in [0, 0.05) is 25.7 Å². The van der Waals surface area contributed by atoms with Crippen LogP contribution in [-0.4, -0.2) is 0 Å². The minimum Gasteiger partial charge on any atom is -0.139 e. The number of benzene rings is 1. The van der Waals surface area contributed by atoms with Crippen molar-refractivity contribution >= 4 is 96.1 Å². The van der Waals surface area contributed by atoms with Crippen LogP contribution in [0.2, 0.25) is 0 Å². The molecule has 3 aromatic heterocycles. The summed E-state index contributed by atoms with van der Waals surface area (Å²) in [5.74, 6) is 0.585. The predicted molar refractivity (Wildman–Crippen MR) is 102 cm³/mol. The van der Waals surface area contributed by atoms with E-state index >= 15 is 0 Å². The summed E-state index contributed by atoms with van der Waals surface area (Å²) in [6.45, 7) is 4.54. The highest BCUT2D eigenvalue weighted by Crippen LogP contribution is 2.48. The van der Waals surface area contributed by atoms with Crippen molar-refractivity contribution < 1.29 is 0 Å². The van der Waals surface area contributed by atoms with Gasteiger partial charge in [-0.05, 0) is 56.0 Å². The average Bonchev–Trinajstić information content (AvgIpc) is 3.02. The Morgan fingerprint density at radius 2 is 1.30 bits per heavy atom. The molecule has 0 unspecified atom stereocenters. The highest BCUT2D eigenvalue weighted by Gasteiger charge is 2.17. The van der Waals surface area contributed by atoms with Crippen molar-refractivity contribution in [2.45, 2.75) is 19.8 Å². The van der Waals surface area contributed by atoms with Gasteiger partial charge in [0.1, 0.15) is 0 Å². The van der Waals surface area contributed by atoms with Crippen LogP contribution >= 0.6 is 65.9 Å². The van der Waals surface area contributed by atoms with E-state index in [0.29, 0.717) is 5.92 Å². The maximum absolute atomic E-state index is 3.65. The lowest BCUT2D eigenvalue weighted by Gasteiger charge is -1.96. The summed E-state index contributed by atoms with van der Waals surface area (Å²) in [7, 11) is 0. The van der Waals surface area contributed by atoms with E-state index in [1.54, 1.807) is 0 Å². The molecule has 102 valence electrons. The van der Waals surface area contributed by atoms with Crippen molar-refractivity contribution in [1.82, 2.24) is 0 Å². The Labute approximate surface area is 145 Å². The molecule has 0 saturated carbocycles. The summed E-state index contributed by atoms with van der Waals surface area (Å²) in [5, 5.41) is 4.20. The fraction of sp³-hybridized carbons (Fsp3) is 0.200. The molecular formula is C15H10Br2S3. The van der Waals surface area contributed by atoms with Crippen LogP contribution in [0.5, 0.6) is 0 Å². The first kappa shape index (κ1) is 13.7. The second-order valence-electron chi connectivity index (χ2n) is 5.13. The maximum atomic E-state index is 3.65. The van der Waals surface area contributed by atoms with Crippen molar-refractivity contribution in [3.63, 3.8) is 0 Å². The number of hydrogen-bond acceptors (Lipinski definition) is 3. The topological polar surface area (TPSA) is 0 Å². The van der Waals surface area contributed by atoms with E-state index in [2.05, 4.69) is 63.9 Å². The van der Waals surface area contributed by atoms with E-state index in [9.17, 15) is 0 Å². The summed E-state index contributed by atoms with van der Waals surface area (Å²) >= 11 is 12.9. The van der Waals surface area contributed by atoms with Crippen LogP contribution in [0.25, 0.3) is 30.3 Å². The normalized spacial score (nSPS) is 12.4. The Balaban J connectivity index is 2.30. The Morgan fingerprint density at radius 1 is 0.750 bits per heavy atom. The lowest BCUT2D eigenvalue weighted by atomic mass is 10.1. The van der Waals surface area contributed by atoms with Crippen molar-refractivity contribution in [3.05, 3.63) is 30.6 Å². The lowest BCUT2D eigenvalue weighted by molar-refractivity contribution is 0.890. The zero-order chi connectivity index (χ0) is 14.0. The highest BCUT2D eigenvalue weighted by molar-refractivity contribution is 9.11. The van der Waals surface area contributed by atoms with Gasteiger partial charge in [-0.1, -0.05) is 13.8 Å². The van der Waals surface area contributed by atoms with E-state index in [-0.39, 0.29) is 0 Å². The number of thiophene rings is 3. The maximum Gasteiger partial charge on any atom is 0.0712 e. The predicted octanol–water partition coefficient (Wildman–Crippen LogP) is 7.98. The molecule has 5 heteroatoms. The summed E-state index contributed by atoms with van der Waals surface area (Å²) in [6, 6.07) is 6.93. The standard InChI is InChI=1S/C15H10Br2S3/c1-6(2)10-3-7-8-4-11(16)19-14(8)15-9(13(7)18-10)5-12(17)20-15/h3-6H,1-2H3. The van der Waals surface area contributed by atoms with Gasteiger partial charge in [0.2, 0.25) is 0 Å². The summed E-state index contributed by atoms with van der Waals surface area (Å²) < 4.78 is 6.67. The van der Waals surface area contributed by atoms with Gasteiger partial charge in [-0.25, -0.2) is 0 Å². The zero-order valence-electron chi connectivity index (χ0n) is 10.8. The third-order valence-electron chi connectivity index (χ3n) is 3.47. The molecule has 0 fully saturated rings. The molecule has 4 rings (SSSR count). The van der Waals surface area contributed by atoms with Crippen LogP contribution in [-0.2, 0) is 0 Å². The minimum atomic E-state index is 0.585. The Hall–Kier alpha value is 0.0600. The summed E-state index contributed by atoms with van der Waals surface area (Å²) in [6.07, 6.45) is 0. The molecule has 1 aromatic carbocycles. The van der Waals surface area contributed by atoms with Crippen molar-refractivity contribution in [2.24, 2.45) is 0 Å². The Kier molecular flexibility index (Phi) is 3.28. The number of halogens is 2. The molecule has 0 amide bonds. The van der Waals surface area contributed by atoms with Crippen molar-refractivity contribution in [2.75, 3.05) is 0 Å². The van der Waals surface area contributed by atoms with Gasteiger partial charge in [-0.2, -0.15) is 0 Å². The second kappa shape index (κ2) is 4.78. The van der Waals surface area contributed by atoms with Crippen LogP contribution in [0.15, 0.2) is 25.8 Å². The van der Waals surface area contributed by atoms with Gasteiger partial charge in [0.15, 0.2) is 0 Å². The van der Waals surface area contributed by atoms with E-state index in [1.165, 1.54) is 42.7 Å². The molecule has 0 aliphatic rings. The Morgan fingerprint density at radius 3 is 1.95 bits per heavy atom. The molecule has 0 radical (unpaired) electrons. The van der Waals surface area contributed by atoms with Crippen LogP contribution in [0.3, 0.4) is 0 Å². The SMILES string of the molecule is CC(C)c1cc2c3cc(Br)sc3c3sc(Br)cc3c2s1. The monoisotopic (exact) mass is 444 g/mol. The van der Waals surface area contributed by atoms with Gasteiger partial charge < -0.3 is 0 Å². The van der Waals surface area contributed by atoms with E-state index in [1.807, 2.05) is 34.0 Å². The van der Waals surface area contributed by atoms with Gasteiger partial charge in [0.25, 0.3) is 0 Å². The second-order valence-corrected chi connectivity index (χ2v) is 11.1. The fourth-order valence-corrected chi connectivity index (χ4v) is 7.16. The lowest BCUT2D eigenvalue weighted by Crippen LogP contribution is -1.77. The molecule has 0 saturated heterocycles. The number of rotatable bonds is 1. The first-order valence-electron chi connectivity index (χ1n) is 6.28. The number of hydrogen-bond donors (Lipinski definition) is 0. The van der Waals surface area contributed by atoms with Crippen molar-refractivity contribution in [1.29, 1.82) is 0 Å². The molecule has 0 N–H and O–H groups in total. The third kappa shape index (κ3) is 1.94. The smallest absolute Gasteiger partial charge is 0.0712 e. The molecular weight excluding hydrogens is 436 g/mol. The van der Waals surface area contributed by atoms with Gasteiger partial charge in [0.05, 0.1) is 17.0 Å². The quantitative estimate of drug-likeness (QED) is 0.278. The first-order valence-corrected chi connectivity index (χ1v) is 10.3. The molecule has 0 atom stereocenters. The number of fused-ring (bicyclic) bond motifs is 6. The van der Waals surface area contributed by atoms with Crippen LogP contribution in [0.1, 0.15) is 24.6 Å². The third-order valence-corrected chi connectivity index (χ3v) is 8.37. The molecule has 3 heterocycles. The minimum absolute atomic E-state index is 0.585. The van der Waals surface area contributed by atoms with Gasteiger partial charge in [-0.3, -0.25) is 0 Å². The van der Waals surface area contributed by atoms with E-state index in [4.69, 9.17) is 0 Å². The van der Waals surface area contributed by atoms with E-state index in [0.717, 1.165) is 0 Å². The Bertz CT molecular complexity index is 883. The molecule has 0 spiro atoms. The molecule has 0 bridgehead atoms. The first-order chi connectivity index (χ1) is 9.54. The highest BCUT2D eigenvalue weighted by atomic mass is 79.9. The average molecular weight is 446 g/mol. The zero-order valence-corrected chi connectivity index (χ0v) is 16.4. The molecule has 0 aliphatic heterocycles. The fourth-order valence-electron chi connectivity index (χ4n) is 2.52. The van der Waals surface area contributed by atoms with Gasteiger partial charge >= 0.3 is 0 Å². The summed E-state index contributed by atoms with van der Waals surface area (Å²) in [5.41, 5.74) is 0. The molecule has 4 aromatic rings. The molecule has 0 nitrogen and oxygen atoms in total. The van der Waals surface area contributed by atoms with Gasteiger partial charge in [-0.15, -0.1) is 34.0 Å². The van der Waals surface area contributed by atoms with Crippen molar-refractivity contribution in [3.8, 4) is 0 Å². The van der Waals surface area contributed by atoms with Crippen LogP contribution in [0, 0.1) is 0 Å². The van der Waals surface area contributed by atoms with E-state index < -0.39 is 0 Å². The largest absolute Gasteiger partial charge is 0.139 e. The molecule has 20 heavy (non-hydrogen) atoms.